The van der Waals surface area contributed by atoms with E-state index in [9.17, 15) is 14.4 Å². The number of esters is 3. The van der Waals surface area contributed by atoms with E-state index in [-0.39, 0.29) is 31.1 Å². The van der Waals surface area contributed by atoms with Gasteiger partial charge < -0.3 is 14.2 Å². The molecule has 0 N–H and O–H groups in total. The standard InChI is InChI=1S/C63H122O6/c1-6-9-10-11-12-13-14-15-20-24-27-33-38-43-48-53-61(64)67-56-60(57-68-62(65)54-49-44-39-34-30-29-32-37-42-47-52-59(5)8-3)69-63(66)55-50-45-40-35-28-25-22-19-17-16-18-21-23-26-31-36-41-46-51-58(4)7-2/h58-60H,6-57H2,1-5H3/t58?,59?,60-/m0/s1. The second-order valence-electron chi connectivity index (χ2n) is 22.2. The molecule has 0 amide bonds. The Morgan fingerprint density at radius 1 is 0.290 bits per heavy atom. The van der Waals surface area contributed by atoms with Gasteiger partial charge in [-0.15, -0.1) is 0 Å². The van der Waals surface area contributed by atoms with Crippen LogP contribution >= 0.6 is 0 Å². The predicted octanol–water partition coefficient (Wildman–Crippen LogP) is 20.8. The Kier molecular flexibility index (Phi) is 54.4. The lowest BCUT2D eigenvalue weighted by atomic mass is 9.99. The number of hydrogen-bond acceptors (Lipinski definition) is 6. The Labute approximate surface area is 431 Å². The van der Waals surface area contributed by atoms with Crippen LogP contribution < -0.4 is 0 Å². The molecule has 0 saturated carbocycles. The number of ether oxygens (including phenoxy) is 3. The van der Waals surface area contributed by atoms with Gasteiger partial charge in [-0.1, -0.05) is 317 Å². The van der Waals surface area contributed by atoms with Gasteiger partial charge in [0.2, 0.25) is 0 Å². The summed E-state index contributed by atoms with van der Waals surface area (Å²) in [6.45, 7) is 11.5. The van der Waals surface area contributed by atoms with Crippen LogP contribution in [-0.4, -0.2) is 37.2 Å². The molecule has 0 aliphatic heterocycles. The van der Waals surface area contributed by atoms with Crippen LogP contribution in [0.4, 0.5) is 0 Å². The van der Waals surface area contributed by atoms with Crippen LogP contribution in [0.25, 0.3) is 0 Å². The highest BCUT2D eigenvalue weighted by Gasteiger charge is 2.19. The van der Waals surface area contributed by atoms with Gasteiger partial charge in [-0.25, -0.2) is 0 Å². The first-order chi connectivity index (χ1) is 33.8. The van der Waals surface area contributed by atoms with E-state index in [1.54, 1.807) is 0 Å². The van der Waals surface area contributed by atoms with E-state index in [1.165, 1.54) is 244 Å². The van der Waals surface area contributed by atoms with Gasteiger partial charge in [-0.3, -0.25) is 14.4 Å². The maximum absolute atomic E-state index is 12.9. The molecule has 0 fully saturated rings. The fourth-order valence-electron chi connectivity index (χ4n) is 9.69. The molecule has 0 aliphatic carbocycles. The SMILES string of the molecule is CCCCCCCCCCCCCCCCCC(=O)OC[C@@H](COC(=O)CCCCCCCCCCCCC(C)CC)OC(=O)CCCCCCCCCCCCCCCCCCCCC(C)CC. The third kappa shape index (κ3) is 54.0. The Balaban J connectivity index is 4.26. The van der Waals surface area contributed by atoms with Gasteiger partial charge in [-0.05, 0) is 31.1 Å². The quantitative estimate of drug-likeness (QED) is 0.0343. The summed E-state index contributed by atoms with van der Waals surface area (Å²) in [5.74, 6) is 0.945. The summed E-state index contributed by atoms with van der Waals surface area (Å²) in [6.07, 6.45) is 60.9. The Bertz CT molecular complexity index is 1060. The molecule has 0 spiro atoms. The van der Waals surface area contributed by atoms with Crippen molar-refractivity contribution in [2.75, 3.05) is 13.2 Å². The zero-order valence-electron chi connectivity index (χ0n) is 47.5. The summed E-state index contributed by atoms with van der Waals surface area (Å²) < 4.78 is 16.9. The van der Waals surface area contributed by atoms with Crippen molar-refractivity contribution in [3.8, 4) is 0 Å². The minimum Gasteiger partial charge on any atom is -0.462 e. The molecular formula is C63H122O6. The van der Waals surface area contributed by atoms with E-state index < -0.39 is 6.10 Å². The summed E-state index contributed by atoms with van der Waals surface area (Å²) >= 11 is 0. The predicted molar refractivity (Wildman–Crippen MR) is 298 cm³/mol. The lowest BCUT2D eigenvalue weighted by Crippen LogP contribution is -2.30. The second-order valence-corrected chi connectivity index (χ2v) is 22.2. The fourth-order valence-corrected chi connectivity index (χ4v) is 9.69. The molecule has 2 unspecified atom stereocenters. The highest BCUT2D eigenvalue weighted by atomic mass is 16.6. The van der Waals surface area contributed by atoms with Crippen molar-refractivity contribution in [2.45, 2.75) is 362 Å². The second kappa shape index (κ2) is 55.7. The van der Waals surface area contributed by atoms with Crippen LogP contribution in [0.15, 0.2) is 0 Å². The summed E-state index contributed by atoms with van der Waals surface area (Å²) in [6, 6.07) is 0. The molecule has 0 aliphatic rings. The van der Waals surface area contributed by atoms with E-state index in [2.05, 4.69) is 34.6 Å². The van der Waals surface area contributed by atoms with Gasteiger partial charge >= 0.3 is 17.9 Å². The lowest BCUT2D eigenvalue weighted by Gasteiger charge is -2.18. The van der Waals surface area contributed by atoms with E-state index in [0.717, 1.165) is 69.6 Å². The lowest BCUT2D eigenvalue weighted by molar-refractivity contribution is -0.167. The third-order valence-corrected chi connectivity index (χ3v) is 15.2. The minimum absolute atomic E-state index is 0.0622. The van der Waals surface area contributed by atoms with Crippen LogP contribution in [0.5, 0.6) is 0 Å². The molecule has 0 aromatic heterocycles. The van der Waals surface area contributed by atoms with Crippen molar-refractivity contribution in [2.24, 2.45) is 11.8 Å². The Morgan fingerprint density at radius 3 is 0.754 bits per heavy atom. The zero-order valence-corrected chi connectivity index (χ0v) is 47.5. The van der Waals surface area contributed by atoms with Crippen LogP contribution in [-0.2, 0) is 28.6 Å². The largest absolute Gasteiger partial charge is 0.462 e. The van der Waals surface area contributed by atoms with Crippen LogP contribution in [0, 0.1) is 11.8 Å². The average Bonchev–Trinajstić information content (AvgIpc) is 3.35. The molecule has 6 nitrogen and oxygen atoms in total. The monoisotopic (exact) mass is 975 g/mol. The van der Waals surface area contributed by atoms with Gasteiger partial charge in [0.1, 0.15) is 13.2 Å². The molecule has 0 aromatic carbocycles. The molecule has 0 heterocycles. The normalized spacial score (nSPS) is 12.8. The molecule has 410 valence electrons. The first-order valence-electron chi connectivity index (χ1n) is 31.3. The van der Waals surface area contributed by atoms with Gasteiger partial charge in [-0.2, -0.15) is 0 Å². The molecule has 0 saturated heterocycles. The first-order valence-corrected chi connectivity index (χ1v) is 31.3. The van der Waals surface area contributed by atoms with Crippen LogP contribution in [0.3, 0.4) is 0 Å². The van der Waals surface area contributed by atoms with E-state index in [1.807, 2.05) is 0 Å². The molecule has 0 rings (SSSR count). The van der Waals surface area contributed by atoms with E-state index >= 15 is 0 Å². The number of carbonyl (C=O) groups excluding carboxylic acids is 3. The number of unbranched alkanes of at least 4 members (excludes halogenated alkanes) is 40. The Morgan fingerprint density at radius 2 is 0.507 bits per heavy atom. The van der Waals surface area contributed by atoms with Gasteiger partial charge in [0.05, 0.1) is 0 Å². The molecule has 69 heavy (non-hydrogen) atoms. The third-order valence-electron chi connectivity index (χ3n) is 15.2. The maximum Gasteiger partial charge on any atom is 0.306 e. The van der Waals surface area contributed by atoms with Crippen molar-refractivity contribution in [3.63, 3.8) is 0 Å². The van der Waals surface area contributed by atoms with Crippen molar-refractivity contribution in [1.82, 2.24) is 0 Å². The van der Waals surface area contributed by atoms with Crippen molar-refractivity contribution < 1.29 is 28.6 Å². The van der Waals surface area contributed by atoms with Gasteiger partial charge in [0.15, 0.2) is 6.10 Å². The van der Waals surface area contributed by atoms with Gasteiger partial charge in [0.25, 0.3) is 0 Å². The molecule has 0 radical (unpaired) electrons. The van der Waals surface area contributed by atoms with E-state index in [0.29, 0.717) is 19.3 Å². The number of rotatable bonds is 57. The first kappa shape index (κ1) is 67.4. The molecule has 0 aromatic rings. The number of hydrogen-bond donors (Lipinski definition) is 0. The molecule has 0 bridgehead atoms. The topological polar surface area (TPSA) is 78.9 Å². The molecule has 3 atom stereocenters. The van der Waals surface area contributed by atoms with Gasteiger partial charge in [0, 0.05) is 19.3 Å². The minimum atomic E-state index is -0.763. The summed E-state index contributed by atoms with van der Waals surface area (Å²) in [4.78, 5) is 38.2. The Hall–Kier alpha value is -1.59. The smallest absolute Gasteiger partial charge is 0.306 e. The highest BCUT2D eigenvalue weighted by molar-refractivity contribution is 5.71. The number of carbonyl (C=O) groups is 3. The summed E-state index contributed by atoms with van der Waals surface area (Å²) in [7, 11) is 0. The average molecular weight is 976 g/mol. The van der Waals surface area contributed by atoms with Crippen molar-refractivity contribution in [1.29, 1.82) is 0 Å². The highest BCUT2D eigenvalue weighted by Crippen LogP contribution is 2.19. The maximum atomic E-state index is 12.9. The zero-order chi connectivity index (χ0) is 50.4. The molecule has 6 heteroatoms. The van der Waals surface area contributed by atoms with E-state index in [4.69, 9.17) is 14.2 Å². The van der Waals surface area contributed by atoms with Crippen molar-refractivity contribution in [3.05, 3.63) is 0 Å². The molecular weight excluding hydrogens is 853 g/mol. The van der Waals surface area contributed by atoms with Crippen LogP contribution in [0.1, 0.15) is 356 Å². The summed E-state index contributed by atoms with van der Waals surface area (Å²) in [5.41, 5.74) is 0. The van der Waals surface area contributed by atoms with Crippen molar-refractivity contribution >= 4 is 17.9 Å². The fraction of sp³-hybridized carbons (Fsp3) is 0.952. The summed E-state index contributed by atoms with van der Waals surface area (Å²) in [5, 5.41) is 0. The van der Waals surface area contributed by atoms with Crippen LogP contribution in [0.2, 0.25) is 0 Å².